The van der Waals surface area contributed by atoms with Crippen LogP contribution < -0.4 is 9.62 Å². The fraction of sp³-hybridized carbons (Fsp3) is 0.176. The summed E-state index contributed by atoms with van der Waals surface area (Å²) in [6, 6.07) is 12.7. The highest BCUT2D eigenvalue weighted by molar-refractivity contribution is 7.92. The van der Waals surface area contributed by atoms with Crippen LogP contribution in [-0.2, 0) is 14.8 Å². The Bertz CT molecular complexity index is 904. The average molecular weight is 344 g/mol. The summed E-state index contributed by atoms with van der Waals surface area (Å²) in [7, 11) is -3.78. The van der Waals surface area contributed by atoms with E-state index in [1.807, 2.05) is 0 Å². The molecule has 0 atom stereocenters. The monoisotopic (exact) mass is 344 g/mol. The van der Waals surface area contributed by atoms with Crippen LogP contribution in [0, 0.1) is 0 Å². The molecule has 0 fully saturated rings. The molecule has 1 N–H and O–H groups in total. The Balaban J connectivity index is 1.98. The molecule has 24 heavy (non-hydrogen) atoms. The summed E-state index contributed by atoms with van der Waals surface area (Å²) in [6.45, 7) is 1.50. The number of Topliss-reactive ketones (excluding diaryl/α,β-unsaturated/α-hetero) is 1. The van der Waals surface area contributed by atoms with Gasteiger partial charge in [0.2, 0.25) is 5.91 Å². The molecule has 0 aromatic heterocycles. The number of nitrogens with one attached hydrogen (secondary N) is 1. The highest BCUT2D eigenvalue weighted by Crippen LogP contribution is 2.32. The summed E-state index contributed by atoms with van der Waals surface area (Å²) in [5.74, 6) is -0.285. The summed E-state index contributed by atoms with van der Waals surface area (Å²) >= 11 is 0. The Kier molecular flexibility index (Phi) is 4.11. The molecular formula is C17H16N2O4S. The van der Waals surface area contributed by atoms with Crippen molar-refractivity contribution in [3.8, 4) is 0 Å². The Hall–Kier alpha value is -2.67. The second kappa shape index (κ2) is 6.09. The molecule has 3 rings (SSSR count). The number of anilines is 2. The van der Waals surface area contributed by atoms with Crippen molar-refractivity contribution in [1.29, 1.82) is 0 Å². The van der Waals surface area contributed by atoms with Crippen molar-refractivity contribution < 1.29 is 18.0 Å². The van der Waals surface area contributed by atoms with Gasteiger partial charge in [-0.25, -0.2) is 8.42 Å². The lowest BCUT2D eigenvalue weighted by Gasteiger charge is -2.29. The van der Waals surface area contributed by atoms with Crippen molar-refractivity contribution in [2.75, 3.05) is 16.2 Å². The highest BCUT2D eigenvalue weighted by atomic mass is 32.2. The fourth-order valence-electron chi connectivity index (χ4n) is 2.68. The van der Waals surface area contributed by atoms with Gasteiger partial charge < -0.3 is 5.32 Å². The van der Waals surface area contributed by atoms with Gasteiger partial charge in [0, 0.05) is 31.1 Å². The van der Waals surface area contributed by atoms with Crippen LogP contribution in [0.2, 0.25) is 0 Å². The van der Waals surface area contributed by atoms with E-state index in [9.17, 15) is 18.0 Å². The minimum Gasteiger partial charge on any atom is -0.326 e. The standard InChI is InChI=1S/C17H16N2O4S/c1-12(20)18-13-6-8-14(9-7-13)24(22,23)19-11-10-17(21)15-4-2-3-5-16(15)19/h2-9H,10-11H2,1H3,(H,18,20). The van der Waals surface area contributed by atoms with Gasteiger partial charge in [-0.1, -0.05) is 12.1 Å². The quantitative estimate of drug-likeness (QED) is 0.927. The van der Waals surface area contributed by atoms with Crippen LogP contribution in [0.1, 0.15) is 23.7 Å². The van der Waals surface area contributed by atoms with Gasteiger partial charge in [0.25, 0.3) is 10.0 Å². The first-order chi connectivity index (χ1) is 11.4. The fourth-order valence-corrected chi connectivity index (χ4v) is 4.16. The molecule has 1 aliphatic heterocycles. The van der Waals surface area contributed by atoms with Gasteiger partial charge >= 0.3 is 0 Å². The highest BCUT2D eigenvalue weighted by Gasteiger charge is 2.31. The minimum atomic E-state index is -3.78. The number of benzene rings is 2. The van der Waals surface area contributed by atoms with Gasteiger partial charge in [-0.3, -0.25) is 13.9 Å². The molecule has 0 saturated heterocycles. The number of fused-ring (bicyclic) bond motifs is 1. The number of hydrogen-bond acceptors (Lipinski definition) is 4. The molecule has 1 amide bonds. The third-order valence-corrected chi connectivity index (χ3v) is 5.61. The van der Waals surface area contributed by atoms with Crippen LogP contribution in [0.15, 0.2) is 53.4 Å². The number of nitrogens with zero attached hydrogens (tertiary/aromatic N) is 1. The van der Waals surface area contributed by atoms with Gasteiger partial charge in [0.05, 0.1) is 10.6 Å². The van der Waals surface area contributed by atoms with Gasteiger partial charge in [-0.15, -0.1) is 0 Å². The largest absolute Gasteiger partial charge is 0.326 e. The minimum absolute atomic E-state index is 0.0574. The molecule has 0 spiro atoms. The predicted octanol–water partition coefficient (Wildman–Crippen LogP) is 2.43. The van der Waals surface area contributed by atoms with Gasteiger partial charge in [-0.2, -0.15) is 0 Å². The van der Waals surface area contributed by atoms with Crippen molar-refractivity contribution >= 4 is 33.1 Å². The number of carbonyl (C=O) groups is 2. The first-order valence-electron chi connectivity index (χ1n) is 7.42. The molecule has 0 radical (unpaired) electrons. The summed E-state index contributed by atoms with van der Waals surface area (Å²) in [5.41, 5.74) is 1.34. The van der Waals surface area contributed by atoms with E-state index in [4.69, 9.17) is 0 Å². The maximum atomic E-state index is 12.9. The first-order valence-corrected chi connectivity index (χ1v) is 8.86. The van der Waals surface area contributed by atoms with Crippen LogP contribution in [0.25, 0.3) is 0 Å². The number of ketones is 1. The van der Waals surface area contributed by atoms with Gasteiger partial charge in [0.15, 0.2) is 5.78 Å². The lowest BCUT2D eigenvalue weighted by atomic mass is 10.0. The summed E-state index contributed by atoms with van der Waals surface area (Å²) < 4.78 is 27.1. The number of amides is 1. The second-order valence-corrected chi connectivity index (χ2v) is 7.34. The lowest BCUT2D eigenvalue weighted by molar-refractivity contribution is -0.114. The smallest absolute Gasteiger partial charge is 0.264 e. The molecule has 0 unspecified atom stereocenters. The molecular weight excluding hydrogens is 328 g/mol. The molecule has 1 aliphatic rings. The Morgan fingerprint density at radius 1 is 1.08 bits per heavy atom. The average Bonchev–Trinajstić information content (AvgIpc) is 2.55. The normalized spacial score (nSPS) is 14.2. The van der Waals surface area contributed by atoms with E-state index in [0.29, 0.717) is 16.9 Å². The van der Waals surface area contributed by atoms with Crippen molar-refractivity contribution in [1.82, 2.24) is 0 Å². The second-order valence-electron chi connectivity index (χ2n) is 5.47. The van der Waals surface area contributed by atoms with Crippen molar-refractivity contribution in [2.24, 2.45) is 0 Å². The molecule has 0 aliphatic carbocycles. The molecule has 7 heteroatoms. The molecule has 6 nitrogen and oxygen atoms in total. The molecule has 0 bridgehead atoms. The van der Waals surface area contributed by atoms with E-state index in [-0.39, 0.29) is 29.6 Å². The zero-order chi connectivity index (χ0) is 17.3. The molecule has 1 heterocycles. The number of carbonyl (C=O) groups excluding carboxylic acids is 2. The molecule has 124 valence electrons. The number of sulfonamides is 1. The zero-order valence-corrected chi connectivity index (χ0v) is 13.8. The van der Waals surface area contributed by atoms with E-state index < -0.39 is 10.0 Å². The van der Waals surface area contributed by atoms with Crippen molar-refractivity contribution in [3.63, 3.8) is 0 Å². The Morgan fingerprint density at radius 2 is 1.75 bits per heavy atom. The van der Waals surface area contributed by atoms with Gasteiger partial charge in [-0.05, 0) is 36.4 Å². The number of para-hydroxylation sites is 1. The number of hydrogen-bond donors (Lipinski definition) is 1. The molecule has 0 saturated carbocycles. The van der Waals surface area contributed by atoms with Crippen molar-refractivity contribution in [3.05, 3.63) is 54.1 Å². The van der Waals surface area contributed by atoms with E-state index >= 15 is 0 Å². The number of rotatable bonds is 3. The SMILES string of the molecule is CC(=O)Nc1ccc(S(=O)(=O)N2CCC(=O)c3ccccc32)cc1. The van der Waals surface area contributed by atoms with E-state index in [0.717, 1.165) is 0 Å². The van der Waals surface area contributed by atoms with E-state index in [1.165, 1.54) is 35.5 Å². The maximum Gasteiger partial charge on any atom is 0.264 e. The van der Waals surface area contributed by atoms with Crippen molar-refractivity contribution in [2.45, 2.75) is 18.2 Å². The summed E-state index contributed by atoms with van der Waals surface area (Å²) in [5, 5.41) is 2.59. The Labute approximate surface area is 140 Å². The van der Waals surface area contributed by atoms with Crippen LogP contribution in [0.4, 0.5) is 11.4 Å². The molecule has 2 aromatic carbocycles. The topological polar surface area (TPSA) is 83.6 Å². The third-order valence-electron chi connectivity index (χ3n) is 3.78. The third kappa shape index (κ3) is 2.90. The summed E-state index contributed by atoms with van der Waals surface area (Å²) in [6.07, 6.45) is 0.153. The van der Waals surface area contributed by atoms with Crippen LogP contribution in [0.5, 0.6) is 0 Å². The summed E-state index contributed by atoms with van der Waals surface area (Å²) in [4.78, 5) is 23.1. The molecule has 2 aromatic rings. The zero-order valence-electron chi connectivity index (χ0n) is 13.0. The van der Waals surface area contributed by atoms with Crippen LogP contribution in [-0.4, -0.2) is 26.7 Å². The lowest BCUT2D eigenvalue weighted by Crippen LogP contribution is -2.37. The van der Waals surface area contributed by atoms with Crippen LogP contribution >= 0.6 is 0 Å². The predicted molar refractivity (Wildman–Crippen MR) is 90.7 cm³/mol. The first kappa shape index (κ1) is 16.2. The van der Waals surface area contributed by atoms with E-state index in [1.54, 1.807) is 24.3 Å². The van der Waals surface area contributed by atoms with Crippen LogP contribution in [0.3, 0.4) is 0 Å². The van der Waals surface area contributed by atoms with Gasteiger partial charge in [0.1, 0.15) is 0 Å². The maximum absolute atomic E-state index is 12.9. The van der Waals surface area contributed by atoms with E-state index in [2.05, 4.69) is 5.32 Å². The Morgan fingerprint density at radius 3 is 2.42 bits per heavy atom.